The molecule has 2 N–H and O–H groups in total. The van der Waals surface area contributed by atoms with Crippen molar-refractivity contribution in [2.75, 3.05) is 0 Å². The van der Waals surface area contributed by atoms with Crippen molar-refractivity contribution in [1.82, 2.24) is 0 Å². The van der Waals surface area contributed by atoms with Crippen LogP contribution in [0.5, 0.6) is 11.5 Å². The Kier molecular flexibility index (Phi) is 6.23. The minimum absolute atomic E-state index is 0.0653. The summed E-state index contributed by atoms with van der Waals surface area (Å²) in [7, 11) is 0. The van der Waals surface area contributed by atoms with E-state index in [9.17, 15) is 10.2 Å². The summed E-state index contributed by atoms with van der Waals surface area (Å²) in [5.41, 5.74) is 6.59. The zero-order valence-electron chi connectivity index (χ0n) is 19.2. The molecule has 1 atom stereocenters. The lowest BCUT2D eigenvalue weighted by atomic mass is 9.74. The number of hydrogen-bond acceptors (Lipinski definition) is 2. The van der Waals surface area contributed by atoms with Crippen molar-refractivity contribution in [3.05, 3.63) is 57.6 Å². The smallest absolute Gasteiger partial charge is 0.119 e. The molecule has 0 aliphatic carbocycles. The van der Waals surface area contributed by atoms with Crippen LogP contribution in [-0.4, -0.2) is 10.2 Å². The van der Waals surface area contributed by atoms with Crippen LogP contribution in [0.15, 0.2) is 24.3 Å². The number of aromatic hydroxyl groups is 2. The third-order valence-corrected chi connectivity index (χ3v) is 5.70. The van der Waals surface area contributed by atoms with Crippen LogP contribution in [-0.2, 0) is 10.8 Å². The highest BCUT2D eigenvalue weighted by Gasteiger charge is 2.28. The van der Waals surface area contributed by atoms with Crippen molar-refractivity contribution >= 4 is 0 Å². The molecule has 154 valence electrons. The first-order valence-electron chi connectivity index (χ1n) is 10.4. The maximum absolute atomic E-state index is 10.6. The van der Waals surface area contributed by atoms with E-state index in [2.05, 4.69) is 67.5 Å². The van der Waals surface area contributed by atoms with E-state index in [0.29, 0.717) is 11.5 Å². The van der Waals surface area contributed by atoms with Gasteiger partial charge in [0.25, 0.3) is 0 Å². The highest BCUT2D eigenvalue weighted by atomic mass is 16.3. The summed E-state index contributed by atoms with van der Waals surface area (Å²) in [5, 5.41) is 20.9. The van der Waals surface area contributed by atoms with Crippen molar-refractivity contribution in [3.8, 4) is 11.5 Å². The van der Waals surface area contributed by atoms with Crippen LogP contribution < -0.4 is 0 Å². The molecule has 0 saturated heterocycles. The molecule has 1 unspecified atom stereocenters. The van der Waals surface area contributed by atoms with E-state index in [0.717, 1.165) is 29.5 Å². The highest BCUT2D eigenvalue weighted by molar-refractivity contribution is 5.53. The van der Waals surface area contributed by atoms with E-state index in [1.54, 1.807) is 0 Å². The average molecular weight is 383 g/mol. The van der Waals surface area contributed by atoms with Gasteiger partial charge in [-0.2, -0.15) is 0 Å². The van der Waals surface area contributed by atoms with Crippen molar-refractivity contribution in [2.24, 2.45) is 0 Å². The maximum atomic E-state index is 10.6. The second-order valence-electron chi connectivity index (χ2n) is 10.3. The fourth-order valence-electron chi connectivity index (χ4n) is 4.11. The number of aryl methyl sites for hydroxylation is 2. The van der Waals surface area contributed by atoms with Crippen LogP contribution in [0.1, 0.15) is 101 Å². The molecule has 28 heavy (non-hydrogen) atoms. The van der Waals surface area contributed by atoms with Gasteiger partial charge in [0.05, 0.1) is 0 Å². The van der Waals surface area contributed by atoms with Crippen molar-refractivity contribution in [1.29, 1.82) is 0 Å². The van der Waals surface area contributed by atoms with Gasteiger partial charge in [-0.1, -0.05) is 67.0 Å². The summed E-state index contributed by atoms with van der Waals surface area (Å²) in [5.74, 6) is 0.976. The van der Waals surface area contributed by atoms with Crippen molar-refractivity contribution in [3.63, 3.8) is 0 Å². The number of phenolic OH excluding ortho intramolecular Hbond substituents is 2. The zero-order chi connectivity index (χ0) is 21.4. The maximum Gasteiger partial charge on any atom is 0.119 e. The Balaban J connectivity index is 2.80. The quantitative estimate of drug-likeness (QED) is 0.585. The molecule has 0 aliphatic heterocycles. The molecule has 0 bridgehead atoms. The molecule has 0 aliphatic rings. The molecule has 0 aromatic heterocycles. The molecule has 2 aromatic rings. The van der Waals surface area contributed by atoms with Crippen LogP contribution in [0.25, 0.3) is 0 Å². The number of hydrogen-bond donors (Lipinski definition) is 2. The molecule has 0 saturated carbocycles. The first-order valence-corrected chi connectivity index (χ1v) is 10.4. The number of benzene rings is 2. The molecule has 2 rings (SSSR count). The predicted octanol–water partition coefficient (Wildman–Crippen LogP) is 7.24. The van der Waals surface area contributed by atoms with Gasteiger partial charge >= 0.3 is 0 Å². The summed E-state index contributed by atoms with van der Waals surface area (Å²) >= 11 is 0. The van der Waals surface area contributed by atoms with Crippen LogP contribution in [0, 0.1) is 13.8 Å². The summed E-state index contributed by atoms with van der Waals surface area (Å²) in [6, 6.07) is 8.25. The largest absolute Gasteiger partial charge is 0.508 e. The Morgan fingerprint density at radius 3 is 1.79 bits per heavy atom. The Labute approximate surface area is 171 Å². The number of phenols is 2. The van der Waals surface area contributed by atoms with E-state index in [-0.39, 0.29) is 16.7 Å². The second kappa shape index (κ2) is 7.81. The summed E-state index contributed by atoms with van der Waals surface area (Å²) in [6.45, 7) is 19.3. The van der Waals surface area contributed by atoms with Gasteiger partial charge in [0.15, 0.2) is 0 Å². The Hall–Kier alpha value is -1.96. The van der Waals surface area contributed by atoms with E-state index in [4.69, 9.17) is 0 Å². The summed E-state index contributed by atoms with van der Waals surface area (Å²) in [6.07, 6.45) is 2.10. The fraction of sp³-hybridized carbons (Fsp3) is 0.538. The lowest BCUT2D eigenvalue weighted by molar-refractivity contribution is 0.445. The van der Waals surface area contributed by atoms with E-state index >= 15 is 0 Å². The molecule has 2 heteroatoms. The SMILES string of the molecule is CCCC(c1cc(C(C)(C)C)c(O)cc1C)c1cc(C)c(O)cc1C(C)(C)C. The van der Waals surface area contributed by atoms with Gasteiger partial charge in [-0.25, -0.2) is 0 Å². The Bertz CT molecular complexity index is 848. The Morgan fingerprint density at radius 1 is 0.714 bits per heavy atom. The minimum atomic E-state index is -0.124. The molecular weight excluding hydrogens is 344 g/mol. The molecule has 0 radical (unpaired) electrons. The van der Waals surface area contributed by atoms with Crippen molar-refractivity contribution < 1.29 is 10.2 Å². The van der Waals surface area contributed by atoms with Gasteiger partial charge in [-0.05, 0) is 76.6 Å². The molecule has 0 heterocycles. The molecule has 0 spiro atoms. The Morgan fingerprint density at radius 2 is 1.29 bits per heavy atom. The fourth-order valence-corrected chi connectivity index (χ4v) is 4.11. The van der Waals surface area contributed by atoms with E-state index < -0.39 is 0 Å². The van der Waals surface area contributed by atoms with Gasteiger partial charge < -0.3 is 10.2 Å². The van der Waals surface area contributed by atoms with E-state index in [1.807, 2.05) is 19.1 Å². The minimum Gasteiger partial charge on any atom is -0.508 e. The van der Waals surface area contributed by atoms with Gasteiger partial charge in [0, 0.05) is 5.92 Å². The van der Waals surface area contributed by atoms with Crippen LogP contribution in [0.2, 0.25) is 0 Å². The van der Waals surface area contributed by atoms with E-state index in [1.165, 1.54) is 16.7 Å². The van der Waals surface area contributed by atoms with Gasteiger partial charge in [-0.15, -0.1) is 0 Å². The first kappa shape index (κ1) is 22.3. The van der Waals surface area contributed by atoms with Gasteiger partial charge in [0.2, 0.25) is 0 Å². The van der Waals surface area contributed by atoms with Gasteiger partial charge in [-0.3, -0.25) is 0 Å². The third kappa shape index (κ3) is 4.54. The average Bonchev–Trinajstić information content (AvgIpc) is 2.53. The molecular formula is C26H38O2. The topological polar surface area (TPSA) is 40.5 Å². The molecule has 2 nitrogen and oxygen atoms in total. The zero-order valence-corrected chi connectivity index (χ0v) is 19.2. The van der Waals surface area contributed by atoms with Crippen LogP contribution >= 0.6 is 0 Å². The molecule has 0 fully saturated rings. The first-order chi connectivity index (χ1) is 12.8. The normalized spacial score (nSPS) is 13.6. The lowest BCUT2D eigenvalue weighted by Gasteiger charge is -2.31. The highest BCUT2D eigenvalue weighted by Crippen LogP contribution is 2.43. The second-order valence-corrected chi connectivity index (χ2v) is 10.3. The van der Waals surface area contributed by atoms with Crippen molar-refractivity contribution in [2.45, 2.75) is 91.9 Å². The standard InChI is InChI=1S/C26H38O2/c1-10-11-18(19-14-22(26(7,8)9)24(28)13-16(19)2)20-12-17(3)23(27)15-21(20)25(4,5)6/h12-15,18,27-28H,10-11H2,1-9H3. The third-order valence-electron chi connectivity index (χ3n) is 5.70. The molecule has 0 amide bonds. The number of rotatable bonds is 4. The summed E-state index contributed by atoms with van der Waals surface area (Å²) < 4.78 is 0. The van der Waals surface area contributed by atoms with Crippen LogP contribution in [0.4, 0.5) is 0 Å². The molecule has 2 aromatic carbocycles. The van der Waals surface area contributed by atoms with Crippen LogP contribution in [0.3, 0.4) is 0 Å². The predicted molar refractivity (Wildman–Crippen MR) is 120 cm³/mol. The summed E-state index contributed by atoms with van der Waals surface area (Å²) in [4.78, 5) is 0. The lowest BCUT2D eigenvalue weighted by Crippen LogP contribution is -2.18. The van der Waals surface area contributed by atoms with Gasteiger partial charge in [0.1, 0.15) is 11.5 Å². The monoisotopic (exact) mass is 382 g/mol.